The van der Waals surface area contributed by atoms with Gasteiger partial charge in [0.1, 0.15) is 16.9 Å². The standard InChI is InChI=1S/C20H23NO4/c1-3-16-15(14-8-4-5-9-17(14)25-16)10-11-18(22)21-20(19(23)24-2)12-6-7-13-20/h4-5,8-11H,3,6-7,12-13H2,1-2H3,(H,21,22)/b11-10+. The van der Waals surface area contributed by atoms with Gasteiger partial charge in [-0.1, -0.05) is 38.0 Å². The van der Waals surface area contributed by atoms with Crippen LogP contribution in [0.1, 0.15) is 43.9 Å². The van der Waals surface area contributed by atoms with Crippen LogP contribution in [0.2, 0.25) is 0 Å². The highest BCUT2D eigenvalue weighted by Gasteiger charge is 2.43. The number of ether oxygens (including phenoxy) is 1. The zero-order valence-corrected chi connectivity index (χ0v) is 14.6. The molecule has 5 heteroatoms. The summed E-state index contributed by atoms with van der Waals surface area (Å²) in [5, 5.41) is 3.84. The third-order valence-electron chi connectivity index (χ3n) is 4.83. The number of carbonyl (C=O) groups is 2. The van der Waals surface area contributed by atoms with Crippen molar-refractivity contribution in [2.75, 3.05) is 7.11 Å². The van der Waals surface area contributed by atoms with Crippen LogP contribution in [0.5, 0.6) is 0 Å². The molecule has 0 spiro atoms. The number of amides is 1. The van der Waals surface area contributed by atoms with E-state index in [4.69, 9.17) is 9.15 Å². The Kier molecular flexibility index (Phi) is 4.93. The lowest BCUT2D eigenvalue weighted by atomic mass is 9.97. The number of aryl methyl sites for hydroxylation is 1. The van der Waals surface area contributed by atoms with Crippen molar-refractivity contribution in [3.8, 4) is 0 Å². The van der Waals surface area contributed by atoms with Crippen LogP contribution in [0.15, 0.2) is 34.8 Å². The average Bonchev–Trinajstić information content (AvgIpc) is 3.24. The van der Waals surface area contributed by atoms with Crippen molar-refractivity contribution in [2.24, 2.45) is 0 Å². The number of furan rings is 1. The van der Waals surface area contributed by atoms with Crippen LogP contribution in [0, 0.1) is 0 Å². The maximum atomic E-state index is 12.4. The first-order valence-corrected chi connectivity index (χ1v) is 8.68. The maximum absolute atomic E-state index is 12.4. The zero-order chi connectivity index (χ0) is 17.9. The van der Waals surface area contributed by atoms with E-state index >= 15 is 0 Å². The molecule has 0 saturated heterocycles. The molecule has 132 valence electrons. The summed E-state index contributed by atoms with van der Waals surface area (Å²) >= 11 is 0. The first-order valence-electron chi connectivity index (χ1n) is 8.68. The summed E-state index contributed by atoms with van der Waals surface area (Å²) in [5.41, 5.74) is 0.829. The van der Waals surface area contributed by atoms with Gasteiger partial charge in [0.2, 0.25) is 5.91 Å². The van der Waals surface area contributed by atoms with E-state index in [1.807, 2.05) is 31.2 Å². The number of benzene rings is 1. The van der Waals surface area contributed by atoms with Crippen LogP contribution in [0.3, 0.4) is 0 Å². The normalized spacial score (nSPS) is 16.4. The molecule has 3 rings (SSSR count). The molecule has 1 aliphatic rings. The van der Waals surface area contributed by atoms with Crippen molar-refractivity contribution in [3.63, 3.8) is 0 Å². The Labute approximate surface area is 147 Å². The second-order valence-corrected chi connectivity index (χ2v) is 6.39. The van der Waals surface area contributed by atoms with Crippen molar-refractivity contribution in [2.45, 2.75) is 44.6 Å². The second kappa shape index (κ2) is 7.13. The van der Waals surface area contributed by atoms with E-state index in [9.17, 15) is 9.59 Å². The van der Waals surface area contributed by atoms with Crippen LogP contribution in [0.4, 0.5) is 0 Å². The second-order valence-electron chi connectivity index (χ2n) is 6.39. The van der Waals surface area contributed by atoms with Gasteiger partial charge in [0.15, 0.2) is 0 Å². The third kappa shape index (κ3) is 3.31. The molecule has 0 atom stereocenters. The van der Waals surface area contributed by atoms with Crippen molar-refractivity contribution < 1.29 is 18.7 Å². The number of hydrogen-bond donors (Lipinski definition) is 1. The van der Waals surface area contributed by atoms with Crippen molar-refractivity contribution in [1.82, 2.24) is 5.32 Å². The highest BCUT2D eigenvalue weighted by atomic mass is 16.5. The molecule has 0 radical (unpaired) electrons. The van der Waals surface area contributed by atoms with Gasteiger partial charge in [-0.2, -0.15) is 0 Å². The fraction of sp³-hybridized carbons (Fsp3) is 0.400. The summed E-state index contributed by atoms with van der Waals surface area (Å²) in [6.07, 6.45) is 7.03. The van der Waals surface area contributed by atoms with Gasteiger partial charge in [-0.15, -0.1) is 0 Å². The van der Waals surface area contributed by atoms with E-state index in [0.717, 1.165) is 41.6 Å². The number of rotatable bonds is 5. The Morgan fingerprint density at radius 2 is 2.00 bits per heavy atom. The number of fused-ring (bicyclic) bond motifs is 1. The molecular formula is C20H23NO4. The predicted molar refractivity (Wildman–Crippen MR) is 96.0 cm³/mol. The Morgan fingerprint density at radius 3 is 2.68 bits per heavy atom. The molecule has 0 bridgehead atoms. The smallest absolute Gasteiger partial charge is 0.331 e. The summed E-state index contributed by atoms with van der Waals surface area (Å²) in [4.78, 5) is 24.5. The number of esters is 1. The predicted octanol–water partition coefficient (Wildman–Crippen LogP) is 3.61. The van der Waals surface area contributed by atoms with Crippen molar-refractivity contribution in [1.29, 1.82) is 0 Å². The summed E-state index contributed by atoms with van der Waals surface area (Å²) in [5.74, 6) is 0.184. The monoisotopic (exact) mass is 341 g/mol. The lowest BCUT2D eigenvalue weighted by Gasteiger charge is -2.26. The van der Waals surface area contributed by atoms with E-state index in [0.29, 0.717) is 12.8 Å². The van der Waals surface area contributed by atoms with Gasteiger partial charge in [0.05, 0.1) is 7.11 Å². The molecule has 1 aliphatic carbocycles. The molecule has 1 N–H and O–H groups in total. The van der Waals surface area contributed by atoms with Crippen molar-refractivity contribution in [3.05, 3.63) is 41.7 Å². The molecule has 2 aromatic rings. The molecular weight excluding hydrogens is 318 g/mol. The minimum absolute atomic E-state index is 0.292. The fourth-order valence-corrected chi connectivity index (χ4v) is 3.55. The SMILES string of the molecule is CCc1oc2ccccc2c1/C=C/C(=O)NC1(C(=O)OC)CCCC1. The lowest BCUT2D eigenvalue weighted by Crippen LogP contribution is -2.52. The largest absolute Gasteiger partial charge is 0.467 e. The number of nitrogens with one attached hydrogen (secondary N) is 1. The van der Waals surface area contributed by atoms with Gasteiger partial charge in [0.25, 0.3) is 0 Å². The number of hydrogen-bond acceptors (Lipinski definition) is 4. The first-order chi connectivity index (χ1) is 12.1. The van der Waals surface area contributed by atoms with Gasteiger partial charge >= 0.3 is 5.97 Å². The zero-order valence-electron chi connectivity index (χ0n) is 14.6. The first kappa shape index (κ1) is 17.3. The Morgan fingerprint density at radius 1 is 1.28 bits per heavy atom. The molecule has 1 aromatic carbocycles. The minimum Gasteiger partial charge on any atom is -0.467 e. The van der Waals surface area contributed by atoms with E-state index in [1.165, 1.54) is 13.2 Å². The van der Waals surface area contributed by atoms with Gasteiger partial charge < -0.3 is 14.5 Å². The van der Waals surface area contributed by atoms with E-state index < -0.39 is 5.54 Å². The van der Waals surface area contributed by atoms with Crippen LogP contribution in [0.25, 0.3) is 17.0 Å². The van der Waals surface area contributed by atoms with Crippen LogP contribution in [-0.4, -0.2) is 24.5 Å². The van der Waals surface area contributed by atoms with Gasteiger partial charge in [0, 0.05) is 23.4 Å². The molecule has 1 amide bonds. The molecule has 0 aliphatic heterocycles. The average molecular weight is 341 g/mol. The number of carbonyl (C=O) groups excluding carboxylic acids is 2. The Bertz CT molecular complexity index is 812. The van der Waals surface area contributed by atoms with Crippen LogP contribution >= 0.6 is 0 Å². The highest BCUT2D eigenvalue weighted by Crippen LogP contribution is 2.31. The molecule has 1 heterocycles. The van der Waals surface area contributed by atoms with Gasteiger partial charge in [-0.3, -0.25) is 4.79 Å². The Balaban J connectivity index is 1.82. The molecule has 5 nitrogen and oxygen atoms in total. The highest BCUT2D eigenvalue weighted by molar-refractivity contribution is 5.98. The molecule has 1 fully saturated rings. The van der Waals surface area contributed by atoms with Crippen molar-refractivity contribution >= 4 is 28.9 Å². The fourth-order valence-electron chi connectivity index (χ4n) is 3.55. The third-order valence-corrected chi connectivity index (χ3v) is 4.83. The quantitative estimate of drug-likeness (QED) is 0.666. The molecule has 25 heavy (non-hydrogen) atoms. The topological polar surface area (TPSA) is 68.5 Å². The van der Waals surface area contributed by atoms with Gasteiger partial charge in [-0.25, -0.2) is 4.79 Å². The van der Waals surface area contributed by atoms with E-state index in [2.05, 4.69) is 5.32 Å². The van der Waals surface area contributed by atoms with E-state index in [-0.39, 0.29) is 11.9 Å². The Hall–Kier alpha value is -2.56. The molecule has 1 aromatic heterocycles. The minimum atomic E-state index is -0.887. The number of para-hydroxylation sites is 1. The molecule has 1 saturated carbocycles. The number of methoxy groups -OCH3 is 1. The maximum Gasteiger partial charge on any atom is 0.331 e. The summed E-state index contributed by atoms with van der Waals surface area (Å²) < 4.78 is 10.7. The van der Waals surface area contributed by atoms with E-state index in [1.54, 1.807) is 6.08 Å². The molecule has 0 unspecified atom stereocenters. The van der Waals surface area contributed by atoms with Crippen LogP contribution < -0.4 is 5.32 Å². The summed E-state index contributed by atoms with van der Waals surface area (Å²) in [7, 11) is 1.36. The lowest BCUT2D eigenvalue weighted by molar-refractivity contribution is -0.150. The van der Waals surface area contributed by atoms with Crippen LogP contribution in [-0.2, 0) is 20.7 Å². The summed E-state index contributed by atoms with van der Waals surface area (Å²) in [6, 6.07) is 7.75. The van der Waals surface area contributed by atoms with Gasteiger partial charge in [-0.05, 0) is 25.0 Å². The summed E-state index contributed by atoms with van der Waals surface area (Å²) in [6.45, 7) is 2.01.